The monoisotopic (exact) mass is 483 g/mol. The number of rotatable bonds is 6. The lowest BCUT2D eigenvalue weighted by atomic mass is 10.1. The molecule has 3 aromatic rings. The smallest absolute Gasteiger partial charge is 0.263 e. The molecule has 170 valence electrons. The number of carbonyl (C=O) groups excluding carboxylic acids is 2. The summed E-state index contributed by atoms with van der Waals surface area (Å²) in [6, 6.07) is 14.0. The van der Waals surface area contributed by atoms with Crippen LogP contribution in [0.15, 0.2) is 59.0 Å². The van der Waals surface area contributed by atoms with Crippen molar-refractivity contribution in [2.24, 2.45) is 0 Å². The summed E-state index contributed by atoms with van der Waals surface area (Å²) in [4.78, 5) is 24.8. The van der Waals surface area contributed by atoms with Gasteiger partial charge in [-0.2, -0.15) is 0 Å². The highest BCUT2D eigenvalue weighted by Gasteiger charge is 2.26. The van der Waals surface area contributed by atoms with Crippen LogP contribution in [0.5, 0.6) is 5.75 Å². The number of para-hydroxylation sites is 1. The van der Waals surface area contributed by atoms with Gasteiger partial charge in [-0.25, -0.2) is 8.42 Å². The number of hydrogen-bond acceptors (Lipinski definition) is 6. The molecule has 0 saturated carbocycles. The van der Waals surface area contributed by atoms with Gasteiger partial charge < -0.3 is 9.30 Å². The fourth-order valence-corrected chi connectivity index (χ4v) is 4.53. The summed E-state index contributed by atoms with van der Waals surface area (Å²) in [6.45, 7) is 2.76. The van der Waals surface area contributed by atoms with Crippen LogP contribution in [0.25, 0.3) is 17.0 Å². The van der Waals surface area contributed by atoms with Gasteiger partial charge >= 0.3 is 0 Å². The topological polar surface area (TPSA) is 106 Å². The molecule has 2 heterocycles. The van der Waals surface area contributed by atoms with Crippen LogP contribution < -0.4 is 15.4 Å². The van der Waals surface area contributed by atoms with Gasteiger partial charge in [0, 0.05) is 28.4 Å². The molecular formula is C23H21N3O5S2. The summed E-state index contributed by atoms with van der Waals surface area (Å²) >= 11 is 4.86. The maximum Gasteiger partial charge on any atom is 0.263 e. The third-order valence-electron chi connectivity index (χ3n) is 5.35. The number of hydrogen-bond donors (Lipinski definition) is 2. The van der Waals surface area contributed by atoms with E-state index in [4.69, 9.17) is 17.0 Å². The lowest BCUT2D eigenvalue weighted by Gasteiger charge is -2.16. The zero-order chi connectivity index (χ0) is 23.8. The van der Waals surface area contributed by atoms with Crippen LogP contribution in [0.4, 0.5) is 0 Å². The number of benzene rings is 2. The predicted molar refractivity (Wildman–Crippen MR) is 129 cm³/mol. The van der Waals surface area contributed by atoms with E-state index in [9.17, 15) is 18.0 Å². The summed E-state index contributed by atoms with van der Waals surface area (Å²) in [6.07, 6.45) is 2.73. The van der Waals surface area contributed by atoms with E-state index >= 15 is 0 Å². The Labute approximate surface area is 196 Å². The highest BCUT2D eigenvalue weighted by molar-refractivity contribution is 7.90. The van der Waals surface area contributed by atoms with E-state index in [0.717, 1.165) is 28.4 Å². The molecule has 1 aliphatic rings. The minimum Gasteiger partial charge on any atom is -0.492 e. The largest absolute Gasteiger partial charge is 0.492 e. The first-order valence-electron chi connectivity index (χ1n) is 10.0. The fraction of sp³-hybridized carbons (Fsp3) is 0.174. The molecule has 1 saturated heterocycles. The fourth-order valence-electron chi connectivity index (χ4n) is 3.72. The summed E-state index contributed by atoms with van der Waals surface area (Å²) in [7, 11) is -3.26. The summed E-state index contributed by atoms with van der Waals surface area (Å²) in [5.41, 5.74) is 2.55. The van der Waals surface area contributed by atoms with Crippen molar-refractivity contribution in [3.63, 3.8) is 0 Å². The van der Waals surface area contributed by atoms with Gasteiger partial charge in [-0.3, -0.25) is 20.2 Å². The second kappa shape index (κ2) is 8.80. The standard InChI is InChI=1S/C23H21N3O5S2/c1-14-18(13-19-21(27)24-23(32)25-22(19)28)17-5-3-4-6-20(17)26(14)11-12-31-15-7-9-16(10-8-15)33(2,29)30/h3-10,13H,11-12H2,1-2H3,(H2,24,25,27,28,32). The number of sulfone groups is 1. The van der Waals surface area contributed by atoms with Gasteiger partial charge in [-0.05, 0) is 55.5 Å². The normalized spacial score (nSPS) is 14.2. The molecule has 4 rings (SSSR count). The van der Waals surface area contributed by atoms with E-state index in [2.05, 4.69) is 15.2 Å². The van der Waals surface area contributed by atoms with E-state index in [0.29, 0.717) is 18.9 Å². The van der Waals surface area contributed by atoms with Crippen LogP contribution in [-0.2, 0) is 26.0 Å². The summed E-state index contributed by atoms with van der Waals surface area (Å²) in [5.74, 6) is -0.521. The third-order valence-corrected chi connectivity index (χ3v) is 6.68. The molecule has 1 fully saturated rings. The number of amides is 2. The molecule has 2 amide bonds. The molecule has 2 N–H and O–H groups in total. The molecular weight excluding hydrogens is 462 g/mol. The lowest BCUT2D eigenvalue weighted by Crippen LogP contribution is -2.51. The Bertz CT molecular complexity index is 1400. The zero-order valence-electron chi connectivity index (χ0n) is 17.9. The zero-order valence-corrected chi connectivity index (χ0v) is 19.5. The molecule has 0 atom stereocenters. The highest BCUT2D eigenvalue weighted by Crippen LogP contribution is 2.28. The second-order valence-electron chi connectivity index (χ2n) is 7.56. The first kappa shape index (κ1) is 22.7. The molecule has 0 spiro atoms. The van der Waals surface area contributed by atoms with Gasteiger partial charge in [-0.1, -0.05) is 18.2 Å². The van der Waals surface area contributed by atoms with E-state index in [1.807, 2.05) is 31.2 Å². The van der Waals surface area contributed by atoms with Gasteiger partial charge in [0.15, 0.2) is 14.9 Å². The van der Waals surface area contributed by atoms with Crippen LogP contribution in [0.1, 0.15) is 11.3 Å². The third kappa shape index (κ3) is 4.67. The Kier molecular flexibility index (Phi) is 6.05. The van der Waals surface area contributed by atoms with Gasteiger partial charge in [-0.15, -0.1) is 0 Å². The number of thiocarbonyl (C=S) groups is 1. The van der Waals surface area contributed by atoms with Crippen molar-refractivity contribution in [3.8, 4) is 5.75 Å². The average molecular weight is 484 g/mol. The van der Waals surface area contributed by atoms with Gasteiger partial charge in [0.05, 0.1) is 11.4 Å². The van der Waals surface area contributed by atoms with Crippen molar-refractivity contribution >= 4 is 56.0 Å². The molecule has 1 aliphatic heterocycles. The lowest BCUT2D eigenvalue weighted by molar-refractivity contribution is -0.123. The number of nitrogens with zero attached hydrogens (tertiary/aromatic N) is 1. The van der Waals surface area contributed by atoms with Crippen molar-refractivity contribution < 1.29 is 22.7 Å². The summed E-state index contributed by atoms with van der Waals surface area (Å²) in [5, 5.41) is 5.78. The molecule has 8 nitrogen and oxygen atoms in total. The first-order valence-corrected chi connectivity index (χ1v) is 12.3. The molecule has 1 aromatic heterocycles. The van der Waals surface area contributed by atoms with Crippen molar-refractivity contribution in [1.82, 2.24) is 15.2 Å². The average Bonchev–Trinajstić information content (AvgIpc) is 3.01. The Morgan fingerprint density at radius 1 is 1.03 bits per heavy atom. The number of ether oxygens (including phenoxy) is 1. The van der Waals surface area contributed by atoms with Crippen LogP contribution in [0.2, 0.25) is 0 Å². The number of aromatic nitrogens is 1. The minimum absolute atomic E-state index is 0.0111. The molecule has 0 bridgehead atoms. The van der Waals surface area contributed by atoms with Gasteiger partial charge in [0.1, 0.15) is 17.9 Å². The number of nitrogens with one attached hydrogen (secondary N) is 2. The molecule has 0 unspecified atom stereocenters. The molecule has 10 heteroatoms. The van der Waals surface area contributed by atoms with Crippen LogP contribution in [0, 0.1) is 6.92 Å². The minimum atomic E-state index is -3.26. The maximum atomic E-state index is 12.3. The van der Waals surface area contributed by atoms with Crippen LogP contribution >= 0.6 is 12.2 Å². The molecule has 0 aliphatic carbocycles. The Morgan fingerprint density at radius 2 is 1.67 bits per heavy atom. The molecule has 2 aromatic carbocycles. The van der Waals surface area contributed by atoms with E-state index in [-0.39, 0.29) is 15.6 Å². The van der Waals surface area contributed by atoms with E-state index in [1.165, 1.54) is 12.1 Å². The van der Waals surface area contributed by atoms with Crippen molar-refractivity contribution in [2.45, 2.75) is 18.4 Å². The first-order chi connectivity index (χ1) is 15.6. The van der Waals surface area contributed by atoms with Gasteiger partial charge in [0.2, 0.25) is 0 Å². The predicted octanol–water partition coefficient (Wildman–Crippen LogP) is 2.35. The Morgan fingerprint density at radius 3 is 2.30 bits per heavy atom. The quantitative estimate of drug-likeness (QED) is 0.317. The number of carbonyl (C=O) groups is 2. The van der Waals surface area contributed by atoms with Crippen LogP contribution in [-0.4, -0.2) is 42.8 Å². The van der Waals surface area contributed by atoms with Gasteiger partial charge in [0.25, 0.3) is 11.8 Å². The second-order valence-corrected chi connectivity index (χ2v) is 9.98. The molecule has 0 radical (unpaired) electrons. The SMILES string of the molecule is Cc1c(C=C2C(=O)NC(=S)NC2=O)c2ccccc2n1CCOc1ccc(S(C)(=O)=O)cc1. The summed E-state index contributed by atoms with van der Waals surface area (Å²) < 4.78 is 31.1. The Balaban J connectivity index is 1.60. The van der Waals surface area contributed by atoms with E-state index < -0.39 is 21.7 Å². The van der Waals surface area contributed by atoms with Crippen molar-refractivity contribution in [3.05, 3.63) is 65.4 Å². The van der Waals surface area contributed by atoms with Crippen LogP contribution in [0.3, 0.4) is 0 Å². The van der Waals surface area contributed by atoms with Crippen molar-refractivity contribution in [1.29, 1.82) is 0 Å². The maximum absolute atomic E-state index is 12.3. The number of fused-ring (bicyclic) bond motifs is 1. The van der Waals surface area contributed by atoms with E-state index in [1.54, 1.807) is 18.2 Å². The molecule has 33 heavy (non-hydrogen) atoms. The van der Waals surface area contributed by atoms with Crippen molar-refractivity contribution in [2.75, 3.05) is 12.9 Å². The Hall–Kier alpha value is -3.50. The highest BCUT2D eigenvalue weighted by atomic mass is 32.2.